The SMILES string of the molecule is NC1(Cl)C=CC=CN1. The van der Waals surface area contributed by atoms with Crippen LogP contribution in [0.4, 0.5) is 0 Å². The van der Waals surface area contributed by atoms with Crippen LogP contribution in [0, 0.1) is 0 Å². The van der Waals surface area contributed by atoms with Crippen LogP contribution in [0.15, 0.2) is 24.4 Å². The largest absolute Gasteiger partial charge is 0.358 e. The van der Waals surface area contributed by atoms with Gasteiger partial charge in [0.25, 0.3) is 0 Å². The van der Waals surface area contributed by atoms with E-state index in [1.54, 1.807) is 18.4 Å². The number of alkyl halides is 1. The van der Waals surface area contributed by atoms with Gasteiger partial charge in [0.05, 0.1) is 0 Å². The van der Waals surface area contributed by atoms with Crippen LogP contribution < -0.4 is 11.1 Å². The predicted octanol–water partition coefficient (Wildman–Crippen LogP) is 0.511. The number of allylic oxidation sites excluding steroid dienone is 2. The Morgan fingerprint density at radius 3 is 2.50 bits per heavy atom. The maximum atomic E-state index is 5.60. The van der Waals surface area contributed by atoms with Crippen LogP contribution in [0.2, 0.25) is 0 Å². The lowest BCUT2D eigenvalue weighted by molar-refractivity contribution is 0.653. The summed E-state index contributed by atoms with van der Waals surface area (Å²) in [6.07, 6.45) is 7.00. The zero-order valence-electron chi connectivity index (χ0n) is 4.26. The van der Waals surface area contributed by atoms with Gasteiger partial charge in [0.15, 0.2) is 5.12 Å². The Morgan fingerprint density at radius 2 is 2.25 bits per heavy atom. The van der Waals surface area contributed by atoms with Gasteiger partial charge in [-0.25, -0.2) is 0 Å². The van der Waals surface area contributed by atoms with E-state index >= 15 is 0 Å². The molecule has 0 saturated carbocycles. The van der Waals surface area contributed by atoms with Crippen molar-refractivity contribution in [3.8, 4) is 0 Å². The highest BCUT2D eigenvalue weighted by Crippen LogP contribution is 2.06. The molecule has 2 nitrogen and oxygen atoms in total. The molecule has 0 radical (unpaired) electrons. The first-order valence-corrected chi connectivity index (χ1v) is 2.68. The third-order valence-electron chi connectivity index (χ3n) is 0.851. The van der Waals surface area contributed by atoms with Gasteiger partial charge in [0, 0.05) is 0 Å². The Kier molecular flexibility index (Phi) is 1.27. The van der Waals surface area contributed by atoms with Gasteiger partial charge in [0.2, 0.25) is 0 Å². The summed E-state index contributed by atoms with van der Waals surface area (Å²) in [7, 11) is 0. The van der Waals surface area contributed by atoms with E-state index in [0.717, 1.165) is 0 Å². The molecule has 0 aromatic rings. The first-order chi connectivity index (χ1) is 3.71. The molecule has 44 valence electrons. The summed E-state index contributed by atoms with van der Waals surface area (Å²) >= 11 is 5.60. The van der Waals surface area contributed by atoms with Crippen LogP contribution in [0.5, 0.6) is 0 Å². The summed E-state index contributed by atoms with van der Waals surface area (Å²) in [6, 6.07) is 0. The number of dihydropyridines is 1. The van der Waals surface area contributed by atoms with Crippen LogP contribution >= 0.6 is 11.6 Å². The van der Waals surface area contributed by atoms with Crippen molar-refractivity contribution in [2.24, 2.45) is 5.73 Å². The van der Waals surface area contributed by atoms with Gasteiger partial charge in [-0.2, -0.15) is 0 Å². The van der Waals surface area contributed by atoms with E-state index in [1.165, 1.54) is 0 Å². The predicted molar refractivity (Wildman–Crippen MR) is 34.2 cm³/mol. The molecule has 8 heavy (non-hydrogen) atoms. The summed E-state index contributed by atoms with van der Waals surface area (Å²) in [6.45, 7) is 0. The topological polar surface area (TPSA) is 38.0 Å². The molecule has 0 spiro atoms. The molecule has 1 unspecified atom stereocenters. The molecule has 3 heteroatoms. The molecule has 1 rings (SSSR count). The fourth-order valence-electron chi connectivity index (χ4n) is 0.475. The van der Waals surface area contributed by atoms with Crippen LogP contribution in [0.3, 0.4) is 0 Å². The minimum atomic E-state index is -0.866. The fraction of sp³-hybridized carbons (Fsp3) is 0.200. The average Bonchev–Trinajstić information content (AvgIpc) is 1.65. The minimum absolute atomic E-state index is 0.866. The number of halogens is 1. The quantitative estimate of drug-likeness (QED) is 0.371. The van der Waals surface area contributed by atoms with Crippen LogP contribution in [0.1, 0.15) is 0 Å². The molecular formula is C5H7ClN2. The second-order valence-corrected chi connectivity index (χ2v) is 2.26. The van der Waals surface area contributed by atoms with Crippen molar-refractivity contribution >= 4 is 11.6 Å². The molecule has 0 aliphatic carbocycles. The van der Waals surface area contributed by atoms with Crippen LogP contribution in [0.25, 0.3) is 0 Å². The molecule has 1 aliphatic heterocycles. The van der Waals surface area contributed by atoms with E-state index in [0.29, 0.717) is 0 Å². The van der Waals surface area contributed by atoms with Crippen LogP contribution in [-0.4, -0.2) is 5.12 Å². The second kappa shape index (κ2) is 1.80. The summed E-state index contributed by atoms with van der Waals surface area (Å²) in [4.78, 5) is 0. The molecule has 0 bridgehead atoms. The minimum Gasteiger partial charge on any atom is -0.358 e. The fourth-order valence-corrected chi connectivity index (χ4v) is 0.611. The van der Waals surface area contributed by atoms with E-state index in [4.69, 9.17) is 17.3 Å². The molecule has 0 aromatic heterocycles. The zero-order valence-corrected chi connectivity index (χ0v) is 5.02. The number of nitrogens with one attached hydrogen (secondary N) is 1. The maximum Gasteiger partial charge on any atom is 0.183 e. The molecule has 0 fully saturated rings. The van der Waals surface area contributed by atoms with Gasteiger partial charge >= 0.3 is 0 Å². The molecule has 1 heterocycles. The molecule has 0 amide bonds. The second-order valence-electron chi connectivity index (χ2n) is 1.63. The van der Waals surface area contributed by atoms with Crippen molar-refractivity contribution in [1.29, 1.82) is 0 Å². The highest BCUT2D eigenvalue weighted by Gasteiger charge is 2.14. The van der Waals surface area contributed by atoms with E-state index < -0.39 is 5.12 Å². The first kappa shape index (κ1) is 5.66. The number of hydrogen-bond donors (Lipinski definition) is 2. The van der Waals surface area contributed by atoms with E-state index in [1.807, 2.05) is 6.08 Å². The number of hydrogen-bond acceptors (Lipinski definition) is 2. The molecule has 3 N–H and O–H groups in total. The Labute approximate surface area is 53.0 Å². The molecule has 1 atom stereocenters. The Hall–Kier alpha value is -0.470. The van der Waals surface area contributed by atoms with Gasteiger partial charge in [-0.05, 0) is 18.4 Å². The standard InChI is InChI=1S/C5H7ClN2/c6-5(7)3-1-2-4-8-5/h1-4,8H,7H2. The molecular weight excluding hydrogens is 124 g/mol. The summed E-state index contributed by atoms with van der Waals surface area (Å²) in [5.74, 6) is 0. The lowest BCUT2D eigenvalue weighted by atomic mass is 10.3. The van der Waals surface area contributed by atoms with Crippen molar-refractivity contribution < 1.29 is 0 Å². The van der Waals surface area contributed by atoms with Gasteiger partial charge in [-0.15, -0.1) is 0 Å². The highest BCUT2D eigenvalue weighted by atomic mass is 35.5. The lowest BCUT2D eigenvalue weighted by Crippen LogP contribution is -2.44. The monoisotopic (exact) mass is 130 g/mol. The Morgan fingerprint density at radius 1 is 1.50 bits per heavy atom. The van der Waals surface area contributed by atoms with E-state index in [2.05, 4.69) is 5.32 Å². The average molecular weight is 131 g/mol. The van der Waals surface area contributed by atoms with Crippen molar-refractivity contribution in [3.63, 3.8) is 0 Å². The number of nitrogens with two attached hydrogens (primary N) is 1. The Balaban J connectivity index is 2.65. The normalized spacial score (nSPS) is 34.8. The van der Waals surface area contributed by atoms with Crippen LogP contribution in [-0.2, 0) is 0 Å². The Bertz CT molecular complexity index is 137. The highest BCUT2D eigenvalue weighted by molar-refractivity contribution is 6.24. The van der Waals surface area contributed by atoms with Crippen molar-refractivity contribution in [2.45, 2.75) is 5.12 Å². The number of rotatable bonds is 0. The van der Waals surface area contributed by atoms with E-state index in [9.17, 15) is 0 Å². The van der Waals surface area contributed by atoms with E-state index in [-0.39, 0.29) is 0 Å². The lowest BCUT2D eigenvalue weighted by Gasteiger charge is -2.19. The van der Waals surface area contributed by atoms with Gasteiger partial charge in [-0.1, -0.05) is 17.7 Å². The first-order valence-electron chi connectivity index (χ1n) is 2.31. The summed E-state index contributed by atoms with van der Waals surface area (Å²) < 4.78 is 0. The zero-order chi connectivity index (χ0) is 6.04. The molecule has 0 saturated heterocycles. The van der Waals surface area contributed by atoms with Gasteiger partial charge < -0.3 is 5.32 Å². The maximum absolute atomic E-state index is 5.60. The smallest absolute Gasteiger partial charge is 0.183 e. The molecule has 0 aromatic carbocycles. The third-order valence-corrected chi connectivity index (χ3v) is 1.09. The van der Waals surface area contributed by atoms with Crippen molar-refractivity contribution in [3.05, 3.63) is 24.4 Å². The van der Waals surface area contributed by atoms with Gasteiger partial charge in [-0.3, -0.25) is 5.73 Å². The van der Waals surface area contributed by atoms with Gasteiger partial charge in [0.1, 0.15) is 0 Å². The summed E-state index contributed by atoms with van der Waals surface area (Å²) in [5, 5.41) is 1.87. The summed E-state index contributed by atoms with van der Waals surface area (Å²) in [5.41, 5.74) is 5.39. The third kappa shape index (κ3) is 1.25. The van der Waals surface area contributed by atoms with Crippen molar-refractivity contribution in [2.75, 3.05) is 0 Å². The molecule has 1 aliphatic rings. The van der Waals surface area contributed by atoms with Crippen molar-refractivity contribution in [1.82, 2.24) is 5.32 Å².